The Morgan fingerprint density at radius 3 is 2.33 bits per heavy atom. The molecule has 0 atom stereocenters. The Morgan fingerprint density at radius 1 is 0.952 bits per heavy atom. The SMILES string of the molecule is COc1ccccc1N(CC(=O)N/N=C/c1ccc(OCC(=O)NC2CCCCC2)cc1)S(=O)(=O)c1ccc(C)cc1. The third-order valence-electron chi connectivity index (χ3n) is 6.87. The van der Waals surface area contributed by atoms with Crippen LogP contribution in [-0.2, 0) is 19.6 Å². The average molecular weight is 593 g/mol. The van der Waals surface area contributed by atoms with Crippen LogP contribution in [0.3, 0.4) is 0 Å². The van der Waals surface area contributed by atoms with Gasteiger partial charge in [0.1, 0.15) is 18.0 Å². The summed E-state index contributed by atoms with van der Waals surface area (Å²) in [5.41, 5.74) is 4.20. The second-order valence-corrected chi connectivity index (χ2v) is 11.9. The molecule has 1 saturated carbocycles. The van der Waals surface area contributed by atoms with E-state index in [1.165, 1.54) is 31.9 Å². The molecule has 42 heavy (non-hydrogen) atoms. The van der Waals surface area contributed by atoms with Gasteiger partial charge in [0, 0.05) is 6.04 Å². The van der Waals surface area contributed by atoms with Crippen molar-refractivity contribution in [2.45, 2.75) is 50.0 Å². The number of rotatable bonds is 12. The molecule has 10 nitrogen and oxygen atoms in total. The highest BCUT2D eigenvalue weighted by atomic mass is 32.2. The molecular formula is C31H36N4O6S. The molecule has 222 valence electrons. The maximum absolute atomic E-state index is 13.6. The van der Waals surface area contributed by atoms with Crippen molar-refractivity contribution in [3.63, 3.8) is 0 Å². The van der Waals surface area contributed by atoms with Crippen LogP contribution in [0, 0.1) is 6.92 Å². The fourth-order valence-corrected chi connectivity index (χ4v) is 6.06. The minimum Gasteiger partial charge on any atom is -0.495 e. The van der Waals surface area contributed by atoms with Gasteiger partial charge in [-0.1, -0.05) is 49.1 Å². The molecule has 0 spiro atoms. The van der Waals surface area contributed by atoms with Crippen LogP contribution in [0.4, 0.5) is 5.69 Å². The van der Waals surface area contributed by atoms with E-state index < -0.39 is 22.5 Å². The number of sulfonamides is 1. The smallest absolute Gasteiger partial charge is 0.264 e. The number of nitrogens with zero attached hydrogens (tertiary/aromatic N) is 2. The first-order valence-electron chi connectivity index (χ1n) is 13.8. The molecule has 0 saturated heterocycles. The molecule has 0 unspecified atom stereocenters. The van der Waals surface area contributed by atoms with E-state index in [9.17, 15) is 18.0 Å². The summed E-state index contributed by atoms with van der Waals surface area (Å²) in [5, 5.41) is 7.00. The van der Waals surface area contributed by atoms with Gasteiger partial charge in [-0.15, -0.1) is 0 Å². The number of aryl methyl sites for hydroxylation is 1. The van der Waals surface area contributed by atoms with Crippen molar-refractivity contribution >= 4 is 33.7 Å². The van der Waals surface area contributed by atoms with E-state index in [1.54, 1.807) is 60.7 Å². The summed E-state index contributed by atoms with van der Waals surface area (Å²) in [6.07, 6.45) is 6.96. The third-order valence-corrected chi connectivity index (χ3v) is 8.65. The van der Waals surface area contributed by atoms with Gasteiger partial charge in [-0.2, -0.15) is 5.10 Å². The minimum absolute atomic E-state index is 0.0454. The summed E-state index contributed by atoms with van der Waals surface area (Å²) in [7, 11) is -2.67. The number of para-hydroxylation sites is 2. The van der Waals surface area contributed by atoms with E-state index >= 15 is 0 Å². The molecule has 3 aromatic carbocycles. The first-order chi connectivity index (χ1) is 20.3. The Labute approximate surface area is 246 Å². The Bertz CT molecular complexity index is 1480. The van der Waals surface area contributed by atoms with E-state index in [0.29, 0.717) is 17.1 Å². The number of hydrogen-bond acceptors (Lipinski definition) is 7. The Hall–Kier alpha value is -4.38. The van der Waals surface area contributed by atoms with Gasteiger partial charge in [-0.25, -0.2) is 13.8 Å². The van der Waals surface area contributed by atoms with E-state index in [-0.39, 0.29) is 29.1 Å². The van der Waals surface area contributed by atoms with Gasteiger partial charge in [0.15, 0.2) is 6.61 Å². The maximum atomic E-state index is 13.6. The summed E-state index contributed by atoms with van der Waals surface area (Å²) >= 11 is 0. The minimum atomic E-state index is -4.10. The van der Waals surface area contributed by atoms with Gasteiger partial charge >= 0.3 is 0 Å². The average Bonchev–Trinajstić information content (AvgIpc) is 3.00. The fraction of sp³-hybridized carbons (Fsp3) is 0.323. The molecule has 0 aromatic heterocycles. The lowest BCUT2D eigenvalue weighted by molar-refractivity contribution is -0.124. The monoisotopic (exact) mass is 592 g/mol. The van der Waals surface area contributed by atoms with Crippen LogP contribution in [0.5, 0.6) is 11.5 Å². The van der Waals surface area contributed by atoms with Crippen molar-refractivity contribution in [3.05, 3.63) is 83.9 Å². The molecule has 2 N–H and O–H groups in total. The van der Waals surface area contributed by atoms with Crippen molar-refractivity contribution in [2.75, 3.05) is 24.6 Å². The van der Waals surface area contributed by atoms with Crippen LogP contribution >= 0.6 is 0 Å². The number of anilines is 1. The number of carbonyl (C=O) groups excluding carboxylic acids is 2. The second-order valence-electron chi connectivity index (χ2n) is 10.0. The summed E-state index contributed by atoms with van der Waals surface area (Å²) < 4.78 is 39.1. The number of carbonyl (C=O) groups is 2. The molecule has 4 rings (SSSR count). The van der Waals surface area contributed by atoms with Crippen LogP contribution < -0.4 is 24.5 Å². The van der Waals surface area contributed by atoms with Crippen LogP contribution in [0.15, 0.2) is 82.8 Å². The molecule has 11 heteroatoms. The predicted molar refractivity (Wildman–Crippen MR) is 161 cm³/mol. The highest BCUT2D eigenvalue weighted by Crippen LogP contribution is 2.32. The van der Waals surface area contributed by atoms with Crippen molar-refractivity contribution in [1.82, 2.24) is 10.7 Å². The molecule has 1 aliphatic rings. The highest BCUT2D eigenvalue weighted by molar-refractivity contribution is 7.92. The zero-order valence-corrected chi connectivity index (χ0v) is 24.6. The van der Waals surface area contributed by atoms with Gasteiger partial charge in [-0.3, -0.25) is 13.9 Å². The number of ether oxygens (including phenoxy) is 2. The number of methoxy groups -OCH3 is 1. The van der Waals surface area contributed by atoms with Crippen molar-refractivity contribution < 1.29 is 27.5 Å². The molecule has 0 bridgehead atoms. The Morgan fingerprint density at radius 2 is 1.64 bits per heavy atom. The Balaban J connectivity index is 1.36. The molecule has 2 amide bonds. The quantitative estimate of drug-likeness (QED) is 0.240. The van der Waals surface area contributed by atoms with Gasteiger partial charge < -0.3 is 14.8 Å². The highest BCUT2D eigenvalue weighted by Gasteiger charge is 2.29. The third kappa shape index (κ3) is 8.32. The molecule has 3 aromatic rings. The molecule has 0 heterocycles. The van der Waals surface area contributed by atoms with Gasteiger partial charge in [-0.05, 0) is 73.9 Å². The standard InChI is InChI=1S/C31H36N4O6S/c1-23-12-18-27(19-13-23)42(38,39)35(28-10-6-7-11-29(28)40-2)21-30(36)34-32-20-24-14-16-26(17-15-24)41-22-31(37)33-25-8-4-3-5-9-25/h6-7,10-20,25H,3-5,8-9,21-22H2,1-2H3,(H,33,37)(H,34,36)/b32-20+. The summed E-state index contributed by atoms with van der Waals surface area (Å²) in [6, 6.07) is 20.1. The van der Waals surface area contributed by atoms with Crippen LogP contribution in [0.25, 0.3) is 0 Å². The number of amides is 2. The molecule has 0 aliphatic heterocycles. The normalized spacial score (nSPS) is 13.9. The van der Waals surface area contributed by atoms with Gasteiger partial charge in [0.05, 0.1) is 23.9 Å². The maximum Gasteiger partial charge on any atom is 0.264 e. The number of nitrogens with one attached hydrogen (secondary N) is 2. The predicted octanol–water partition coefficient (Wildman–Crippen LogP) is 4.18. The van der Waals surface area contributed by atoms with Crippen molar-refractivity contribution in [3.8, 4) is 11.5 Å². The number of hydrazone groups is 1. The molecule has 1 aliphatic carbocycles. The van der Waals surface area contributed by atoms with Crippen LogP contribution in [0.1, 0.15) is 43.2 Å². The lowest BCUT2D eigenvalue weighted by Gasteiger charge is -2.25. The first kappa shape index (κ1) is 30.6. The lowest BCUT2D eigenvalue weighted by atomic mass is 9.95. The molecule has 0 radical (unpaired) electrons. The summed E-state index contributed by atoms with van der Waals surface area (Å²) in [6.45, 7) is 1.27. The molecule has 1 fully saturated rings. The number of hydrogen-bond donors (Lipinski definition) is 2. The van der Waals surface area contributed by atoms with Gasteiger partial charge in [0.2, 0.25) is 0 Å². The van der Waals surface area contributed by atoms with Crippen LogP contribution in [0.2, 0.25) is 0 Å². The lowest BCUT2D eigenvalue weighted by Crippen LogP contribution is -2.39. The van der Waals surface area contributed by atoms with Gasteiger partial charge in [0.25, 0.3) is 21.8 Å². The van der Waals surface area contributed by atoms with E-state index in [4.69, 9.17) is 9.47 Å². The topological polar surface area (TPSA) is 126 Å². The van der Waals surface area contributed by atoms with E-state index in [2.05, 4.69) is 15.8 Å². The van der Waals surface area contributed by atoms with Crippen LogP contribution in [-0.4, -0.2) is 52.8 Å². The van der Waals surface area contributed by atoms with Crippen molar-refractivity contribution in [2.24, 2.45) is 5.10 Å². The largest absolute Gasteiger partial charge is 0.495 e. The Kier molecular flexibility index (Phi) is 10.6. The van der Waals surface area contributed by atoms with Crippen molar-refractivity contribution in [1.29, 1.82) is 0 Å². The van der Waals surface area contributed by atoms with E-state index in [0.717, 1.165) is 35.6 Å². The fourth-order valence-electron chi connectivity index (χ4n) is 4.63. The zero-order chi connectivity index (χ0) is 30.0. The summed E-state index contributed by atoms with van der Waals surface area (Å²) in [5.74, 6) is 0.0561. The zero-order valence-electron chi connectivity index (χ0n) is 23.8. The summed E-state index contributed by atoms with van der Waals surface area (Å²) in [4.78, 5) is 25.1. The number of benzene rings is 3. The van der Waals surface area contributed by atoms with E-state index in [1.807, 2.05) is 6.92 Å². The second kappa shape index (κ2) is 14.5. The molecular weight excluding hydrogens is 556 g/mol. The first-order valence-corrected chi connectivity index (χ1v) is 15.3.